The van der Waals surface area contributed by atoms with Gasteiger partial charge in [0.15, 0.2) is 0 Å². The maximum Gasteiger partial charge on any atom is 0.416 e. The van der Waals surface area contributed by atoms with Crippen molar-refractivity contribution in [2.24, 2.45) is 0 Å². The summed E-state index contributed by atoms with van der Waals surface area (Å²) in [5.41, 5.74) is 3.13. The molecule has 2 heterocycles. The van der Waals surface area contributed by atoms with Gasteiger partial charge >= 0.3 is 6.18 Å². The minimum atomic E-state index is -4.37. The Labute approximate surface area is 206 Å². The summed E-state index contributed by atoms with van der Waals surface area (Å²) < 4.78 is 38.3. The molecule has 184 valence electrons. The average molecular weight is 492 g/mol. The van der Waals surface area contributed by atoms with Crippen LogP contribution < -0.4 is 10.2 Å². The van der Waals surface area contributed by atoms with E-state index in [1.54, 1.807) is 42.6 Å². The number of nitrogens with one attached hydrogen (secondary N) is 1. The largest absolute Gasteiger partial charge is 0.416 e. The first-order valence-electron chi connectivity index (χ1n) is 11.6. The SMILES string of the molecule is CN1CCN(c2cnc3cc(NC(=O)c4ccc(-c5ccc(C(F)(F)F)cc5)cc4)ccc3n2)CC1. The molecule has 36 heavy (non-hydrogen) atoms. The Morgan fingerprint density at radius 1 is 0.861 bits per heavy atom. The summed E-state index contributed by atoms with van der Waals surface area (Å²) in [6, 6.07) is 17.1. The maximum atomic E-state index is 12.8. The summed E-state index contributed by atoms with van der Waals surface area (Å²) in [5, 5.41) is 2.87. The van der Waals surface area contributed by atoms with Crippen molar-refractivity contribution in [1.29, 1.82) is 0 Å². The molecule has 0 bridgehead atoms. The van der Waals surface area contributed by atoms with E-state index in [1.165, 1.54) is 12.1 Å². The molecule has 0 saturated carbocycles. The zero-order valence-corrected chi connectivity index (χ0v) is 19.6. The van der Waals surface area contributed by atoms with Crippen LogP contribution in [0.1, 0.15) is 15.9 Å². The van der Waals surface area contributed by atoms with Crippen LogP contribution in [0, 0.1) is 0 Å². The van der Waals surface area contributed by atoms with E-state index in [4.69, 9.17) is 4.98 Å². The molecule has 4 aromatic rings. The van der Waals surface area contributed by atoms with Crippen molar-refractivity contribution in [3.8, 4) is 11.1 Å². The Morgan fingerprint density at radius 2 is 1.50 bits per heavy atom. The fourth-order valence-corrected chi connectivity index (χ4v) is 4.14. The summed E-state index contributed by atoms with van der Waals surface area (Å²) in [4.78, 5) is 26.5. The predicted molar refractivity (Wildman–Crippen MR) is 134 cm³/mol. The van der Waals surface area contributed by atoms with E-state index in [9.17, 15) is 18.0 Å². The predicted octanol–water partition coefficient (Wildman–Crippen LogP) is 5.32. The van der Waals surface area contributed by atoms with Crippen molar-refractivity contribution < 1.29 is 18.0 Å². The number of amides is 1. The fourth-order valence-electron chi connectivity index (χ4n) is 4.14. The van der Waals surface area contributed by atoms with E-state index in [0.29, 0.717) is 22.3 Å². The normalized spacial score (nSPS) is 14.7. The van der Waals surface area contributed by atoms with E-state index >= 15 is 0 Å². The molecule has 1 fully saturated rings. The van der Waals surface area contributed by atoms with Gasteiger partial charge in [0.05, 0.1) is 22.8 Å². The summed E-state index contributed by atoms with van der Waals surface area (Å²) in [6.45, 7) is 3.77. The van der Waals surface area contributed by atoms with Gasteiger partial charge in [-0.3, -0.25) is 9.78 Å². The smallest absolute Gasteiger partial charge is 0.353 e. The maximum absolute atomic E-state index is 12.8. The summed E-state index contributed by atoms with van der Waals surface area (Å²) >= 11 is 0. The lowest BCUT2D eigenvalue weighted by Gasteiger charge is -2.33. The lowest BCUT2D eigenvalue weighted by atomic mass is 10.0. The van der Waals surface area contributed by atoms with Gasteiger partial charge in [0, 0.05) is 37.4 Å². The molecule has 3 aromatic carbocycles. The van der Waals surface area contributed by atoms with Gasteiger partial charge in [-0.1, -0.05) is 24.3 Å². The molecule has 1 aromatic heterocycles. The highest BCUT2D eigenvalue weighted by Crippen LogP contribution is 2.31. The van der Waals surface area contributed by atoms with Gasteiger partial charge in [0.1, 0.15) is 5.82 Å². The number of hydrogen-bond acceptors (Lipinski definition) is 5. The minimum Gasteiger partial charge on any atom is -0.353 e. The Morgan fingerprint density at radius 3 is 2.14 bits per heavy atom. The topological polar surface area (TPSA) is 61.4 Å². The minimum absolute atomic E-state index is 0.296. The quantitative estimate of drug-likeness (QED) is 0.419. The third-order valence-corrected chi connectivity index (χ3v) is 6.31. The van der Waals surface area contributed by atoms with Crippen molar-refractivity contribution >= 4 is 28.4 Å². The molecule has 0 unspecified atom stereocenters. The number of benzene rings is 3. The third-order valence-electron chi connectivity index (χ3n) is 6.31. The van der Waals surface area contributed by atoms with Gasteiger partial charge in [-0.15, -0.1) is 0 Å². The van der Waals surface area contributed by atoms with E-state index in [2.05, 4.69) is 27.1 Å². The van der Waals surface area contributed by atoms with Gasteiger partial charge in [-0.05, 0) is 60.6 Å². The molecule has 1 N–H and O–H groups in total. The Kier molecular flexibility index (Phi) is 6.32. The van der Waals surface area contributed by atoms with E-state index < -0.39 is 11.7 Å². The molecule has 5 rings (SSSR count). The first-order valence-corrected chi connectivity index (χ1v) is 11.6. The second-order valence-electron chi connectivity index (χ2n) is 8.83. The molecule has 0 radical (unpaired) electrons. The molecule has 6 nitrogen and oxygen atoms in total. The number of hydrogen-bond donors (Lipinski definition) is 1. The van der Waals surface area contributed by atoms with Crippen molar-refractivity contribution in [1.82, 2.24) is 14.9 Å². The number of halogens is 3. The lowest BCUT2D eigenvalue weighted by molar-refractivity contribution is -0.137. The molecule has 1 saturated heterocycles. The monoisotopic (exact) mass is 491 g/mol. The highest BCUT2D eigenvalue weighted by molar-refractivity contribution is 6.05. The molecular weight excluding hydrogens is 467 g/mol. The van der Waals surface area contributed by atoms with Crippen LogP contribution in [0.15, 0.2) is 72.9 Å². The van der Waals surface area contributed by atoms with Crippen molar-refractivity contribution in [2.45, 2.75) is 6.18 Å². The number of anilines is 2. The van der Waals surface area contributed by atoms with Crippen molar-refractivity contribution in [3.63, 3.8) is 0 Å². The number of nitrogens with zero attached hydrogens (tertiary/aromatic N) is 4. The van der Waals surface area contributed by atoms with Crippen LogP contribution in [0.4, 0.5) is 24.7 Å². The average Bonchev–Trinajstić information content (AvgIpc) is 2.88. The number of rotatable bonds is 4. The summed E-state index contributed by atoms with van der Waals surface area (Å²) in [5.74, 6) is 0.552. The van der Waals surface area contributed by atoms with Crippen LogP contribution >= 0.6 is 0 Å². The van der Waals surface area contributed by atoms with E-state index in [0.717, 1.165) is 55.2 Å². The lowest BCUT2D eigenvalue weighted by Crippen LogP contribution is -2.44. The van der Waals surface area contributed by atoms with Gasteiger partial charge in [-0.2, -0.15) is 13.2 Å². The number of aromatic nitrogens is 2. The van der Waals surface area contributed by atoms with Gasteiger partial charge in [-0.25, -0.2) is 4.98 Å². The Bertz CT molecular complexity index is 1380. The van der Waals surface area contributed by atoms with E-state index in [1.807, 2.05) is 6.07 Å². The number of carbonyl (C=O) groups excluding carboxylic acids is 1. The van der Waals surface area contributed by atoms with Crippen LogP contribution in [-0.2, 0) is 6.18 Å². The number of carbonyl (C=O) groups is 1. The van der Waals surface area contributed by atoms with Crippen molar-refractivity contribution in [3.05, 3.63) is 84.1 Å². The fraction of sp³-hybridized carbons (Fsp3) is 0.222. The van der Waals surface area contributed by atoms with Gasteiger partial charge < -0.3 is 15.1 Å². The standard InChI is InChI=1S/C27H24F3N5O/c1-34-12-14-35(15-13-34)25-17-31-24-16-22(10-11-23(24)33-25)32-26(36)20-4-2-18(3-5-20)19-6-8-21(9-7-19)27(28,29)30/h2-11,16-17H,12-15H2,1H3,(H,32,36). The molecular formula is C27H24F3N5O. The van der Waals surface area contributed by atoms with Crippen LogP contribution in [0.3, 0.4) is 0 Å². The van der Waals surface area contributed by atoms with Crippen LogP contribution in [0.2, 0.25) is 0 Å². The number of piperazine rings is 1. The first-order chi connectivity index (χ1) is 17.3. The second kappa shape index (κ2) is 9.58. The van der Waals surface area contributed by atoms with Gasteiger partial charge in [0.25, 0.3) is 5.91 Å². The second-order valence-corrected chi connectivity index (χ2v) is 8.83. The molecule has 0 spiro atoms. The zero-order valence-electron chi connectivity index (χ0n) is 19.6. The number of alkyl halides is 3. The number of likely N-dealkylation sites (N-methyl/N-ethyl adjacent to an activating group) is 1. The first kappa shape index (κ1) is 23.7. The third kappa shape index (κ3) is 5.16. The Balaban J connectivity index is 1.26. The summed E-state index contributed by atoms with van der Waals surface area (Å²) in [7, 11) is 2.10. The zero-order chi connectivity index (χ0) is 25.3. The molecule has 1 aliphatic rings. The molecule has 0 atom stereocenters. The molecule has 0 aliphatic carbocycles. The van der Waals surface area contributed by atoms with E-state index in [-0.39, 0.29) is 5.91 Å². The number of fused-ring (bicyclic) bond motifs is 1. The summed E-state index contributed by atoms with van der Waals surface area (Å²) in [6.07, 6.45) is -2.61. The highest BCUT2D eigenvalue weighted by Gasteiger charge is 2.30. The highest BCUT2D eigenvalue weighted by atomic mass is 19.4. The van der Waals surface area contributed by atoms with Gasteiger partial charge in [0.2, 0.25) is 0 Å². The van der Waals surface area contributed by atoms with Crippen molar-refractivity contribution in [2.75, 3.05) is 43.4 Å². The molecule has 1 amide bonds. The Hall–Kier alpha value is -3.98. The molecule has 9 heteroatoms. The van der Waals surface area contributed by atoms with Crippen LogP contribution in [0.25, 0.3) is 22.2 Å². The van der Waals surface area contributed by atoms with Crippen LogP contribution in [-0.4, -0.2) is 54.0 Å². The van der Waals surface area contributed by atoms with Crippen LogP contribution in [0.5, 0.6) is 0 Å². The molecule has 1 aliphatic heterocycles.